The first-order chi connectivity index (χ1) is 4.22. The van der Waals surface area contributed by atoms with E-state index in [4.69, 9.17) is 11.6 Å². The number of aldehydes is 1. The summed E-state index contributed by atoms with van der Waals surface area (Å²) in [5.41, 5.74) is 0. The Hall–Kier alpha value is 1.07. The molecule has 1 atom stereocenters. The van der Waals surface area contributed by atoms with Gasteiger partial charge in [0.05, 0.1) is 6.61 Å². The van der Waals surface area contributed by atoms with Gasteiger partial charge in [0.1, 0.15) is 6.29 Å². The maximum absolute atomic E-state index is 10.4. The van der Waals surface area contributed by atoms with Crippen LogP contribution in [0.3, 0.4) is 0 Å². The number of carbonyl (C=O) groups excluding carboxylic acids is 2. The molecule has 10 heavy (non-hydrogen) atoms. The molecular formula is C5H7ClKO3. The Morgan fingerprint density at radius 3 is 2.60 bits per heavy atom. The van der Waals surface area contributed by atoms with Crippen LogP contribution < -0.4 is 0 Å². The van der Waals surface area contributed by atoms with Gasteiger partial charge in [0, 0.05) is 51.4 Å². The number of rotatable bonds is 3. The minimum Gasteiger partial charge on any atom is -0.465 e. The Morgan fingerprint density at radius 2 is 2.30 bits per heavy atom. The van der Waals surface area contributed by atoms with Gasteiger partial charge in [-0.15, -0.1) is 11.6 Å². The summed E-state index contributed by atoms with van der Waals surface area (Å²) in [5.74, 6) is -0.686. The summed E-state index contributed by atoms with van der Waals surface area (Å²) in [5, 5.41) is -1.15. The molecule has 0 saturated carbocycles. The van der Waals surface area contributed by atoms with Crippen molar-refractivity contribution in [3.63, 3.8) is 0 Å². The van der Waals surface area contributed by atoms with Crippen LogP contribution in [0.5, 0.6) is 0 Å². The molecule has 0 fully saturated rings. The van der Waals surface area contributed by atoms with Gasteiger partial charge < -0.3 is 9.53 Å². The van der Waals surface area contributed by atoms with Crippen LogP contribution in [0.2, 0.25) is 0 Å². The van der Waals surface area contributed by atoms with Gasteiger partial charge in [0.15, 0.2) is 5.38 Å². The third-order valence-corrected chi connectivity index (χ3v) is 0.912. The molecule has 0 heterocycles. The van der Waals surface area contributed by atoms with Crippen LogP contribution in [0.25, 0.3) is 0 Å². The van der Waals surface area contributed by atoms with Crippen LogP contribution in [-0.4, -0.2) is 75.6 Å². The van der Waals surface area contributed by atoms with E-state index in [1.807, 2.05) is 0 Å². The maximum Gasteiger partial charge on any atom is 0.331 e. The fraction of sp³-hybridized carbons (Fsp3) is 0.600. The molecule has 3 nitrogen and oxygen atoms in total. The second kappa shape index (κ2) is 8.17. The molecule has 0 aliphatic carbocycles. The molecule has 53 valence electrons. The maximum atomic E-state index is 10.4. The van der Waals surface area contributed by atoms with E-state index in [9.17, 15) is 9.59 Å². The molecule has 0 N–H and O–H groups in total. The summed E-state index contributed by atoms with van der Waals surface area (Å²) in [6.07, 6.45) is 0.333. The first-order valence-electron chi connectivity index (χ1n) is 2.48. The van der Waals surface area contributed by atoms with Gasteiger partial charge in [0.2, 0.25) is 0 Å². The van der Waals surface area contributed by atoms with E-state index in [0.717, 1.165) is 0 Å². The van der Waals surface area contributed by atoms with Gasteiger partial charge in [-0.1, -0.05) is 0 Å². The molecule has 0 aromatic rings. The standard InChI is InChI=1S/C5H7ClO3.K/c1-2-9-5(8)4(6)3-7;/h3-4H,2H2,1H3;. The van der Waals surface area contributed by atoms with Crippen molar-refractivity contribution >= 4 is 75.2 Å². The van der Waals surface area contributed by atoms with Crippen molar-refractivity contribution in [2.45, 2.75) is 12.3 Å². The van der Waals surface area contributed by atoms with Crippen molar-refractivity contribution in [1.82, 2.24) is 0 Å². The van der Waals surface area contributed by atoms with Gasteiger partial charge in [-0.2, -0.15) is 0 Å². The molecule has 1 radical (unpaired) electrons. The van der Waals surface area contributed by atoms with Crippen molar-refractivity contribution in [2.24, 2.45) is 0 Å². The predicted molar refractivity (Wildman–Crippen MR) is 38.1 cm³/mol. The minimum absolute atomic E-state index is 0. The average Bonchev–Trinajstić information content (AvgIpc) is 1.87. The van der Waals surface area contributed by atoms with E-state index in [1.54, 1.807) is 6.92 Å². The quantitative estimate of drug-likeness (QED) is 0.206. The van der Waals surface area contributed by atoms with E-state index in [-0.39, 0.29) is 58.0 Å². The number of alkyl halides is 1. The number of halogens is 1. The van der Waals surface area contributed by atoms with E-state index in [0.29, 0.717) is 6.29 Å². The van der Waals surface area contributed by atoms with Crippen LogP contribution >= 0.6 is 11.6 Å². The summed E-state index contributed by atoms with van der Waals surface area (Å²) in [7, 11) is 0. The fourth-order valence-corrected chi connectivity index (χ4v) is 0.340. The fourth-order valence-electron chi connectivity index (χ4n) is 0.277. The summed E-state index contributed by atoms with van der Waals surface area (Å²) in [6.45, 7) is 1.89. The number of ether oxygens (including phenoxy) is 1. The van der Waals surface area contributed by atoms with Crippen LogP contribution in [0.1, 0.15) is 6.92 Å². The molecule has 0 amide bonds. The van der Waals surface area contributed by atoms with Crippen LogP contribution in [0, 0.1) is 0 Å². The van der Waals surface area contributed by atoms with Crippen LogP contribution in [0.15, 0.2) is 0 Å². The first-order valence-corrected chi connectivity index (χ1v) is 2.92. The Bertz CT molecular complexity index is 117. The average molecular weight is 190 g/mol. The summed E-state index contributed by atoms with van der Waals surface area (Å²) in [4.78, 5) is 20.2. The van der Waals surface area contributed by atoms with Gasteiger partial charge in [-0.05, 0) is 6.92 Å². The second-order valence-corrected chi connectivity index (χ2v) is 1.76. The van der Waals surface area contributed by atoms with Crippen molar-refractivity contribution in [1.29, 1.82) is 0 Å². The molecule has 5 heteroatoms. The smallest absolute Gasteiger partial charge is 0.331 e. The predicted octanol–water partition coefficient (Wildman–Crippen LogP) is -0.0250. The minimum atomic E-state index is -1.15. The largest absolute Gasteiger partial charge is 0.465 e. The van der Waals surface area contributed by atoms with Crippen molar-refractivity contribution in [2.75, 3.05) is 6.61 Å². The molecule has 0 aliphatic heterocycles. The Balaban J connectivity index is 0. The second-order valence-electron chi connectivity index (χ2n) is 1.29. The third kappa shape index (κ3) is 5.82. The zero-order chi connectivity index (χ0) is 7.28. The van der Waals surface area contributed by atoms with Crippen LogP contribution in [-0.2, 0) is 14.3 Å². The first kappa shape index (κ1) is 13.6. The van der Waals surface area contributed by atoms with Gasteiger partial charge in [-0.25, -0.2) is 4.79 Å². The van der Waals surface area contributed by atoms with E-state index < -0.39 is 11.3 Å². The number of esters is 1. The number of hydrogen-bond donors (Lipinski definition) is 0. The molecule has 0 rings (SSSR count). The molecule has 0 aliphatic rings. The summed E-state index contributed by atoms with van der Waals surface area (Å²) < 4.78 is 4.39. The SMILES string of the molecule is CCOC(=O)C(Cl)C=O.[K]. The Kier molecular flexibility index (Phi) is 11.1. The van der Waals surface area contributed by atoms with Gasteiger partial charge >= 0.3 is 5.97 Å². The van der Waals surface area contributed by atoms with Crippen molar-refractivity contribution < 1.29 is 14.3 Å². The molecule has 0 aromatic heterocycles. The molecule has 0 saturated heterocycles. The molecule has 0 aromatic carbocycles. The molecule has 1 unspecified atom stereocenters. The van der Waals surface area contributed by atoms with E-state index >= 15 is 0 Å². The molecule has 0 bridgehead atoms. The van der Waals surface area contributed by atoms with Crippen LogP contribution in [0.4, 0.5) is 0 Å². The number of hydrogen-bond acceptors (Lipinski definition) is 3. The molecule has 0 spiro atoms. The summed E-state index contributed by atoms with van der Waals surface area (Å²) in [6, 6.07) is 0. The molecular weight excluding hydrogens is 183 g/mol. The summed E-state index contributed by atoms with van der Waals surface area (Å²) >= 11 is 5.15. The van der Waals surface area contributed by atoms with E-state index in [1.165, 1.54) is 0 Å². The monoisotopic (exact) mass is 189 g/mol. The van der Waals surface area contributed by atoms with Gasteiger partial charge in [0.25, 0.3) is 0 Å². The zero-order valence-corrected chi connectivity index (χ0v) is 9.84. The Labute approximate surface area is 107 Å². The Morgan fingerprint density at radius 1 is 1.80 bits per heavy atom. The van der Waals surface area contributed by atoms with Gasteiger partial charge in [-0.3, -0.25) is 0 Å². The van der Waals surface area contributed by atoms with Crippen molar-refractivity contribution in [3.8, 4) is 0 Å². The normalized spacial score (nSPS) is 11.0. The van der Waals surface area contributed by atoms with Crippen molar-refractivity contribution in [3.05, 3.63) is 0 Å². The zero-order valence-electron chi connectivity index (χ0n) is 5.96. The van der Waals surface area contributed by atoms with E-state index in [2.05, 4.69) is 4.74 Å². The number of carbonyl (C=O) groups is 2. The third-order valence-electron chi connectivity index (χ3n) is 0.631. The topological polar surface area (TPSA) is 43.4 Å².